The average molecular weight is 277 g/mol. The van der Waals surface area contributed by atoms with Crippen LogP contribution >= 0.6 is 11.6 Å². The number of anilines is 2. The highest BCUT2D eigenvalue weighted by Crippen LogP contribution is 2.29. The third-order valence-electron chi connectivity index (χ3n) is 3.21. The van der Waals surface area contributed by atoms with E-state index in [0.29, 0.717) is 0 Å². The summed E-state index contributed by atoms with van der Waals surface area (Å²) in [7, 11) is 3.83. The molecule has 0 radical (unpaired) electrons. The van der Waals surface area contributed by atoms with E-state index in [1.54, 1.807) is 6.33 Å². The van der Waals surface area contributed by atoms with E-state index in [0.717, 1.165) is 22.2 Å². The summed E-state index contributed by atoms with van der Waals surface area (Å²) < 4.78 is 0. The van der Waals surface area contributed by atoms with Crippen molar-refractivity contribution in [3.8, 4) is 0 Å². The van der Waals surface area contributed by atoms with Gasteiger partial charge in [-0.05, 0) is 18.6 Å². The molecule has 1 N–H and O–H groups in total. The van der Waals surface area contributed by atoms with Crippen LogP contribution in [-0.4, -0.2) is 24.1 Å². The van der Waals surface area contributed by atoms with Crippen LogP contribution in [0.1, 0.15) is 18.5 Å². The van der Waals surface area contributed by atoms with Crippen LogP contribution in [0.2, 0.25) is 5.02 Å². The van der Waals surface area contributed by atoms with E-state index in [4.69, 9.17) is 11.6 Å². The topological polar surface area (TPSA) is 41.0 Å². The number of benzene rings is 1. The Bertz CT molecular complexity index is 559. The molecule has 1 atom stereocenters. The third-order valence-corrected chi connectivity index (χ3v) is 3.55. The number of nitrogens with one attached hydrogen (secondary N) is 1. The Kier molecular flexibility index (Phi) is 4.22. The summed E-state index contributed by atoms with van der Waals surface area (Å²) in [5, 5.41) is 3.78. The Morgan fingerprint density at radius 2 is 2.00 bits per heavy atom. The van der Waals surface area contributed by atoms with Gasteiger partial charge < -0.3 is 10.2 Å². The van der Waals surface area contributed by atoms with Crippen molar-refractivity contribution in [2.75, 3.05) is 24.3 Å². The van der Waals surface area contributed by atoms with Gasteiger partial charge in [-0.15, -0.1) is 0 Å². The molecule has 5 heteroatoms. The lowest BCUT2D eigenvalue weighted by atomic mass is 10.1. The van der Waals surface area contributed by atoms with Gasteiger partial charge in [-0.25, -0.2) is 9.97 Å². The van der Waals surface area contributed by atoms with Crippen molar-refractivity contribution in [2.24, 2.45) is 0 Å². The van der Waals surface area contributed by atoms with E-state index < -0.39 is 0 Å². The number of halogens is 1. The lowest BCUT2D eigenvalue weighted by Gasteiger charge is -2.27. The fraction of sp³-hybridized carbons (Fsp3) is 0.286. The average Bonchev–Trinajstić information content (AvgIpc) is 2.46. The maximum atomic E-state index is 6.24. The first-order valence-corrected chi connectivity index (χ1v) is 6.48. The summed E-state index contributed by atoms with van der Waals surface area (Å²) in [6.07, 6.45) is 1.55. The minimum absolute atomic E-state index is 0.133. The Balaban J connectivity index is 2.28. The number of rotatable bonds is 4. The molecular weight excluding hydrogens is 260 g/mol. The number of nitrogens with zero attached hydrogens (tertiary/aromatic N) is 3. The van der Waals surface area contributed by atoms with Crippen molar-refractivity contribution in [2.45, 2.75) is 13.0 Å². The molecule has 1 aromatic heterocycles. The van der Waals surface area contributed by atoms with Crippen molar-refractivity contribution < 1.29 is 0 Å². The first kappa shape index (κ1) is 13.6. The van der Waals surface area contributed by atoms with Gasteiger partial charge in [0.15, 0.2) is 0 Å². The van der Waals surface area contributed by atoms with Crippen molar-refractivity contribution in [3.63, 3.8) is 0 Å². The highest BCUT2D eigenvalue weighted by molar-refractivity contribution is 6.31. The zero-order valence-electron chi connectivity index (χ0n) is 11.3. The Labute approximate surface area is 118 Å². The van der Waals surface area contributed by atoms with Gasteiger partial charge in [0, 0.05) is 25.2 Å². The van der Waals surface area contributed by atoms with E-state index in [1.807, 2.05) is 44.4 Å². The van der Waals surface area contributed by atoms with E-state index in [-0.39, 0.29) is 6.04 Å². The zero-order chi connectivity index (χ0) is 13.8. The summed E-state index contributed by atoms with van der Waals surface area (Å²) >= 11 is 6.24. The van der Waals surface area contributed by atoms with Crippen LogP contribution in [0.25, 0.3) is 0 Å². The molecule has 100 valence electrons. The minimum atomic E-state index is 0.133. The van der Waals surface area contributed by atoms with Gasteiger partial charge in [0.25, 0.3) is 0 Å². The molecule has 2 aromatic rings. The molecule has 19 heavy (non-hydrogen) atoms. The van der Waals surface area contributed by atoms with E-state index in [2.05, 4.69) is 27.1 Å². The molecule has 0 aliphatic rings. The summed E-state index contributed by atoms with van der Waals surface area (Å²) in [5.41, 5.74) is 1.08. The Hall–Kier alpha value is -1.81. The normalized spacial score (nSPS) is 12.0. The van der Waals surface area contributed by atoms with Crippen molar-refractivity contribution in [1.29, 1.82) is 0 Å². The predicted molar refractivity (Wildman–Crippen MR) is 79.8 cm³/mol. The number of aromatic nitrogens is 2. The SMILES string of the molecule is CNc1cc(N(C)C(C)c2ccccc2Cl)ncn1. The fourth-order valence-electron chi connectivity index (χ4n) is 1.90. The fourth-order valence-corrected chi connectivity index (χ4v) is 2.19. The quantitative estimate of drug-likeness (QED) is 0.930. The molecule has 0 bridgehead atoms. The Morgan fingerprint density at radius 3 is 2.68 bits per heavy atom. The van der Waals surface area contributed by atoms with Gasteiger partial charge in [0.05, 0.1) is 6.04 Å². The standard InChI is InChI=1S/C14H17ClN4/c1-10(11-6-4-5-7-12(11)15)19(3)14-8-13(16-2)17-9-18-14/h4-10H,1-3H3,(H,16,17,18). The van der Waals surface area contributed by atoms with Gasteiger partial charge in [0.1, 0.15) is 18.0 Å². The second-order valence-electron chi connectivity index (χ2n) is 4.32. The third kappa shape index (κ3) is 2.96. The largest absolute Gasteiger partial charge is 0.373 e. The van der Waals surface area contributed by atoms with Crippen LogP contribution in [0.5, 0.6) is 0 Å². The molecule has 0 spiro atoms. The van der Waals surface area contributed by atoms with Gasteiger partial charge in [-0.2, -0.15) is 0 Å². The number of hydrogen-bond acceptors (Lipinski definition) is 4. The highest BCUT2D eigenvalue weighted by atomic mass is 35.5. The highest BCUT2D eigenvalue weighted by Gasteiger charge is 2.16. The van der Waals surface area contributed by atoms with Gasteiger partial charge >= 0.3 is 0 Å². The van der Waals surface area contributed by atoms with Crippen LogP contribution in [0, 0.1) is 0 Å². The van der Waals surface area contributed by atoms with E-state index in [9.17, 15) is 0 Å². The molecule has 0 fully saturated rings. The van der Waals surface area contributed by atoms with Gasteiger partial charge in [-0.1, -0.05) is 29.8 Å². The zero-order valence-corrected chi connectivity index (χ0v) is 12.0. The first-order chi connectivity index (χ1) is 9.13. The van der Waals surface area contributed by atoms with Crippen molar-refractivity contribution >= 4 is 23.2 Å². The second kappa shape index (κ2) is 5.89. The molecule has 2 rings (SSSR count). The first-order valence-electron chi connectivity index (χ1n) is 6.10. The minimum Gasteiger partial charge on any atom is -0.373 e. The monoisotopic (exact) mass is 276 g/mol. The molecule has 4 nitrogen and oxygen atoms in total. The molecular formula is C14H17ClN4. The lowest BCUT2D eigenvalue weighted by molar-refractivity contribution is 0.727. The molecule has 0 saturated carbocycles. The van der Waals surface area contributed by atoms with Crippen LogP contribution in [0.15, 0.2) is 36.7 Å². The smallest absolute Gasteiger partial charge is 0.134 e. The maximum Gasteiger partial charge on any atom is 0.134 e. The van der Waals surface area contributed by atoms with Crippen LogP contribution in [-0.2, 0) is 0 Å². The van der Waals surface area contributed by atoms with Crippen molar-refractivity contribution in [3.05, 3.63) is 47.2 Å². The maximum absolute atomic E-state index is 6.24. The molecule has 1 unspecified atom stereocenters. The summed E-state index contributed by atoms with van der Waals surface area (Å²) in [5.74, 6) is 1.65. The predicted octanol–water partition coefficient (Wildman–Crippen LogP) is 3.37. The van der Waals surface area contributed by atoms with E-state index in [1.165, 1.54) is 0 Å². The molecule has 0 aliphatic carbocycles. The Morgan fingerprint density at radius 1 is 1.26 bits per heavy atom. The summed E-state index contributed by atoms with van der Waals surface area (Å²) in [4.78, 5) is 10.5. The summed E-state index contributed by atoms with van der Waals surface area (Å²) in [6.45, 7) is 2.10. The molecule has 0 saturated heterocycles. The molecule has 1 heterocycles. The molecule has 0 aliphatic heterocycles. The van der Waals surface area contributed by atoms with E-state index >= 15 is 0 Å². The van der Waals surface area contributed by atoms with Gasteiger partial charge in [-0.3, -0.25) is 0 Å². The van der Waals surface area contributed by atoms with Crippen molar-refractivity contribution in [1.82, 2.24) is 9.97 Å². The van der Waals surface area contributed by atoms with Crippen LogP contribution in [0.3, 0.4) is 0 Å². The lowest BCUT2D eigenvalue weighted by Crippen LogP contribution is -2.23. The summed E-state index contributed by atoms with van der Waals surface area (Å²) in [6, 6.07) is 9.90. The second-order valence-corrected chi connectivity index (χ2v) is 4.73. The molecule has 1 aromatic carbocycles. The number of hydrogen-bond donors (Lipinski definition) is 1. The van der Waals surface area contributed by atoms with Gasteiger partial charge in [0.2, 0.25) is 0 Å². The van der Waals surface area contributed by atoms with Crippen LogP contribution in [0.4, 0.5) is 11.6 Å². The molecule has 0 amide bonds. The van der Waals surface area contributed by atoms with Crippen LogP contribution < -0.4 is 10.2 Å².